The molecule has 2 unspecified atom stereocenters. The van der Waals surface area contributed by atoms with Crippen LogP contribution in [0.25, 0.3) is 5.76 Å². The van der Waals surface area contributed by atoms with Crippen molar-refractivity contribution < 1.29 is 24.5 Å². The number of phenolic OH excluding ortho intramolecular Hbond substituents is 1. The third-order valence-corrected chi connectivity index (χ3v) is 6.36. The van der Waals surface area contributed by atoms with Crippen LogP contribution in [0.15, 0.2) is 66.2 Å². The molecule has 3 aromatic rings. The van der Waals surface area contributed by atoms with E-state index in [0.29, 0.717) is 17.5 Å². The molecule has 34 heavy (non-hydrogen) atoms. The van der Waals surface area contributed by atoms with Crippen molar-refractivity contribution in [1.29, 1.82) is 0 Å². The Hall–Kier alpha value is -4.06. The van der Waals surface area contributed by atoms with Gasteiger partial charge in [0.2, 0.25) is 0 Å². The van der Waals surface area contributed by atoms with E-state index in [1.165, 1.54) is 11.0 Å². The summed E-state index contributed by atoms with van der Waals surface area (Å²) in [5.41, 5.74) is 4.03. The number of hydrogen-bond acceptors (Lipinski definition) is 5. The highest BCUT2D eigenvalue weighted by molar-refractivity contribution is 6.52. The number of amides is 1. The first-order chi connectivity index (χ1) is 16.2. The summed E-state index contributed by atoms with van der Waals surface area (Å²) in [5, 5.41) is 22.0. The molecule has 0 spiro atoms. The fourth-order valence-electron chi connectivity index (χ4n) is 4.79. The Balaban J connectivity index is 1.72. The molecule has 0 aromatic heterocycles. The van der Waals surface area contributed by atoms with Crippen LogP contribution in [0.4, 0.5) is 5.69 Å². The summed E-state index contributed by atoms with van der Waals surface area (Å²) in [5.74, 6) is -1.21. The van der Waals surface area contributed by atoms with Crippen LogP contribution in [-0.4, -0.2) is 28.0 Å². The van der Waals surface area contributed by atoms with Crippen LogP contribution in [0.5, 0.6) is 11.5 Å². The first kappa shape index (κ1) is 21.8. The second-order valence-electron chi connectivity index (χ2n) is 9.03. The molecule has 5 rings (SSSR count). The molecule has 2 heterocycles. The van der Waals surface area contributed by atoms with E-state index in [1.807, 2.05) is 45.0 Å². The first-order valence-electron chi connectivity index (χ1n) is 11.2. The number of aryl methyl sites for hydroxylation is 2. The fourth-order valence-corrected chi connectivity index (χ4v) is 4.79. The second-order valence-corrected chi connectivity index (χ2v) is 9.03. The number of Topliss-reactive ketones (excluding diaryl/α,β-unsaturated/α-hetero) is 1. The van der Waals surface area contributed by atoms with Gasteiger partial charge in [0.15, 0.2) is 0 Å². The topological polar surface area (TPSA) is 87.1 Å². The summed E-state index contributed by atoms with van der Waals surface area (Å²) < 4.78 is 5.75. The molecule has 172 valence electrons. The Labute approximate surface area is 197 Å². The van der Waals surface area contributed by atoms with Crippen molar-refractivity contribution in [1.82, 2.24) is 0 Å². The number of carbonyl (C=O) groups excluding carboxylic acids is 2. The minimum atomic E-state index is -0.893. The number of rotatable bonds is 3. The maximum Gasteiger partial charge on any atom is 0.300 e. The van der Waals surface area contributed by atoms with Gasteiger partial charge in [0.05, 0.1) is 17.3 Å². The molecule has 2 aliphatic rings. The lowest BCUT2D eigenvalue weighted by molar-refractivity contribution is -0.132. The van der Waals surface area contributed by atoms with Crippen molar-refractivity contribution in [2.75, 3.05) is 4.90 Å². The lowest BCUT2D eigenvalue weighted by atomic mass is 9.93. The highest BCUT2D eigenvalue weighted by atomic mass is 16.5. The van der Waals surface area contributed by atoms with E-state index in [9.17, 15) is 19.8 Å². The third kappa shape index (κ3) is 3.52. The maximum atomic E-state index is 13.3. The second kappa shape index (κ2) is 8.06. The van der Waals surface area contributed by atoms with Crippen molar-refractivity contribution in [2.45, 2.75) is 39.3 Å². The Kier molecular flexibility index (Phi) is 5.16. The summed E-state index contributed by atoms with van der Waals surface area (Å²) >= 11 is 0. The predicted octanol–water partition coefficient (Wildman–Crippen LogP) is 4.96. The SMILES string of the molecule is Cc1cccc(C2/C(=C(/O)c3ccc4c(c3)CC(C)O4)C(=O)C(=O)N2c2cc(C)ccc2O)c1. The zero-order chi connectivity index (χ0) is 24.1. The lowest BCUT2D eigenvalue weighted by Crippen LogP contribution is -2.29. The van der Waals surface area contributed by atoms with Crippen molar-refractivity contribution in [3.8, 4) is 11.5 Å². The zero-order valence-corrected chi connectivity index (χ0v) is 19.2. The quantitative estimate of drug-likeness (QED) is 0.331. The molecule has 1 fully saturated rings. The molecule has 2 N–H and O–H groups in total. The number of hydrogen-bond donors (Lipinski definition) is 2. The smallest absolute Gasteiger partial charge is 0.300 e. The summed E-state index contributed by atoms with van der Waals surface area (Å²) in [6, 6.07) is 16.7. The van der Waals surface area contributed by atoms with Crippen LogP contribution in [-0.2, 0) is 16.0 Å². The largest absolute Gasteiger partial charge is 0.507 e. The van der Waals surface area contributed by atoms with Gasteiger partial charge in [-0.3, -0.25) is 14.5 Å². The van der Waals surface area contributed by atoms with E-state index in [1.54, 1.807) is 30.3 Å². The zero-order valence-electron chi connectivity index (χ0n) is 19.2. The third-order valence-electron chi connectivity index (χ3n) is 6.36. The van der Waals surface area contributed by atoms with Gasteiger partial charge in [-0.05, 0) is 67.8 Å². The summed E-state index contributed by atoms with van der Waals surface area (Å²) in [6.07, 6.45) is 0.734. The van der Waals surface area contributed by atoms with E-state index in [2.05, 4.69) is 0 Å². The number of carbonyl (C=O) groups is 2. The fraction of sp³-hybridized carbons (Fsp3) is 0.214. The molecule has 0 radical (unpaired) electrons. The van der Waals surface area contributed by atoms with Gasteiger partial charge in [-0.2, -0.15) is 0 Å². The van der Waals surface area contributed by atoms with Crippen molar-refractivity contribution in [3.05, 3.63) is 94.1 Å². The van der Waals surface area contributed by atoms with E-state index in [4.69, 9.17) is 4.74 Å². The number of aliphatic hydroxyl groups excluding tert-OH is 1. The lowest BCUT2D eigenvalue weighted by Gasteiger charge is -2.26. The van der Waals surface area contributed by atoms with Gasteiger partial charge in [-0.25, -0.2) is 0 Å². The summed E-state index contributed by atoms with van der Waals surface area (Å²) in [4.78, 5) is 27.9. The molecule has 0 bridgehead atoms. The van der Waals surface area contributed by atoms with E-state index in [-0.39, 0.29) is 28.9 Å². The predicted molar refractivity (Wildman–Crippen MR) is 129 cm³/mol. The summed E-state index contributed by atoms with van der Waals surface area (Å²) in [7, 11) is 0. The average Bonchev–Trinajstić information content (AvgIpc) is 3.30. The van der Waals surface area contributed by atoms with E-state index in [0.717, 1.165) is 22.4 Å². The minimum Gasteiger partial charge on any atom is -0.507 e. The molecular weight excluding hydrogens is 430 g/mol. The van der Waals surface area contributed by atoms with Gasteiger partial charge in [-0.15, -0.1) is 0 Å². The highest BCUT2D eigenvalue weighted by Gasteiger charge is 2.47. The van der Waals surface area contributed by atoms with Gasteiger partial charge in [0, 0.05) is 12.0 Å². The molecular formula is C28H25NO5. The number of ketones is 1. The van der Waals surface area contributed by atoms with Crippen molar-refractivity contribution in [2.24, 2.45) is 0 Å². The highest BCUT2D eigenvalue weighted by Crippen LogP contribution is 2.45. The number of benzene rings is 3. The molecule has 2 aliphatic heterocycles. The first-order valence-corrected chi connectivity index (χ1v) is 11.2. The van der Waals surface area contributed by atoms with Crippen LogP contribution in [0.2, 0.25) is 0 Å². The van der Waals surface area contributed by atoms with E-state index >= 15 is 0 Å². The molecule has 0 saturated carbocycles. The molecule has 6 heteroatoms. The van der Waals surface area contributed by atoms with Gasteiger partial charge in [0.1, 0.15) is 23.4 Å². The number of nitrogens with zero attached hydrogens (tertiary/aromatic N) is 1. The van der Waals surface area contributed by atoms with Gasteiger partial charge in [0.25, 0.3) is 11.7 Å². The van der Waals surface area contributed by atoms with Gasteiger partial charge < -0.3 is 14.9 Å². The van der Waals surface area contributed by atoms with Gasteiger partial charge in [-0.1, -0.05) is 35.9 Å². The van der Waals surface area contributed by atoms with Crippen LogP contribution >= 0.6 is 0 Å². The van der Waals surface area contributed by atoms with Crippen molar-refractivity contribution in [3.63, 3.8) is 0 Å². The number of fused-ring (bicyclic) bond motifs is 1. The standard InChI is InChI=1S/C28H25NO5/c1-15-5-4-6-18(11-15)25-24(26(31)19-8-10-23-20(14-19)13-17(3)34-23)27(32)28(33)29(25)21-12-16(2)7-9-22(21)30/h4-12,14,17,25,30-31H,13H2,1-3H3/b26-24-. The number of ether oxygens (including phenoxy) is 1. The molecule has 1 amide bonds. The Bertz CT molecular complexity index is 1370. The normalized spacial score (nSPS) is 21.0. The number of anilines is 1. The average molecular weight is 456 g/mol. The molecule has 2 atom stereocenters. The van der Waals surface area contributed by atoms with E-state index < -0.39 is 17.7 Å². The number of phenols is 1. The van der Waals surface area contributed by atoms with Crippen LogP contribution in [0, 0.1) is 13.8 Å². The van der Waals surface area contributed by atoms with Crippen molar-refractivity contribution >= 4 is 23.1 Å². The van der Waals surface area contributed by atoms with Crippen LogP contribution < -0.4 is 9.64 Å². The molecule has 6 nitrogen and oxygen atoms in total. The Morgan fingerprint density at radius 2 is 1.76 bits per heavy atom. The molecule has 1 saturated heterocycles. The molecule has 0 aliphatic carbocycles. The maximum absolute atomic E-state index is 13.3. The summed E-state index contributed by atoms with van der Waals surface area (Å²) in [6.45, 7) is 5.73. The minimum absolute atomic E-state index is 0.0107. The Morgan fingerprint density at radius 3 is 2.53 bits per heavy atom. The Morgan fingerprint density at radius 1 is 1.00 bits per heavy atom. The van der Waals surface area contributed by atoms with Crippen LogP contribution in [0.3, 0.4) is 0 Å². The monoisotopic (exact) mass is 455 g/mol. The van der Waals surface area contributed by atoms with Gasteiger partial charge >= 0.3 is 0 Å². The van der Waals surface area contributed by atoms with Crippen LogP contribution in [0.1, 0.15) is 40.8 Å². The number of aliphatic hydroxyl groups is 1. The molecule has 3 aromatic carbocycles. The number of aromatic hydroxyl groups is 1.